The van der Waals surface area contributed by atoms with E-state index in [1.165, 1.54) is 27.8 Å². The number of nitrogens with one attached hydrogen (secondary N) is 3. The number of likely N-dealkylation sites (tertiary alicyclic amines) is 1. The van der Waals surface area contributed by atoms with E-state index in [1.807, 2.05) is 13.8 Å². The summed E-state index contributed by atoms with van der Waals surface area (Å²) in [5.41, 5.74) is -1.87. The van der Waals surface area contributed by atoms with E-state index in [0.717, 1.165) is 4.90 Å². The second kappa shape index (κ2) is 10.6. The number of fused-ring (bicyclic) bond motifs is 1. The van der Waals surface area contributed by atoms with Crippen LogP contribution < -0.4 is 16.1 Å². The van der Waals surface area contributed by atoms with Gasteiger partial charge in [-0.2, -0.15) is 13.2 Å². The molecular formula is C22H32ClF4N5O5. The molecule has 0 spiro atoms. The number of halogens is 5. The summed E-state index contributed by atoms with van der Waals surface area (Å²) in [7, 11) is 1.34. The molecule has 0 aromatic rings. The zero-order valence-electron chi connectivity index (χ0n) is 21.3. The lowest BCUT2D eigenvalue weighted by molar-refractivity contribution is -0.176. The highest BCUT2D eigenvalue weighted by atomic mass is 35.5. The van der Waals surface area contributed by atoms with Crippen molar-refractivity contribution in [1.29, 1.82) is 0 Å². The van der Waals surface area contributed by atoms with Crippen LogP contribution in [0.3, 0.4) is 0 Å². The summed E-state index contributed by atoms with van der Waals surface area (Å²) in [5.74, 6) is -6.54. The van der Waals surface area contributed by atoms with Crippen molar-refractivity contribution >= 4 is 41.1 Å². The number of amides is 5. The van der Waals surface area contributed by atoms with Crippen LogP contribution in [0.2, 0.25) is 0 Å². The molecule has 1 aliphatic carbocycles. The van der Waals surface area contributed by atoms with Crippen LogP contribution in [0.25, 0.3) is 0 Å². The Balaban J connectivity index is 2.34. The monoisotopic (exact) mass is 557 g/mol. The van der Waals surface area contributed by atoms with Crippen LogP contribution >= 0.6 is 11.6 Å². The first-order valence-electron chi connectivity index (χ1n) is 11.5. The third-order valence-electron chi connectivity index (χ3n) is 6.95. The van der Waals surface area contributed by atoms with Crippen molar-refractivity contribution in [2.24, 2.45) is 22.7 Å². The van der Waals surface area contributed by atoms with Gasteiger partial charge in [0.2, 0.25) is 11.8 Å². The molecule has 0 bridgehead atoms. The Morgan fingerprint density at radius 1 is 1.14 bits per heavy atom. The first kappa shape index (κ1) is 30.6. The molecule has 0 radical (unpaired) electrons. The largest absolute Gasteiger partial charge is 0.471 e. The van der Waals surface area contributed by atoms with Crippen LogP contribution in [-0.2, 0) is 24.0 Å². The lowest BCUT2D eigenvalue weighted by Gasteiger charge is -2.38. The van der Waals surface area contributed by atoms with Gasteiger partial charge in [-0.15, -0.1) is 0 Å². The molecule has 1 saturated heterocycles. The topological polar surface area (TPSA) is 128 Å². The minimum atomic E-state index is -5.23. The van der Waals surface area contributed by atoms with E-state index in [4.69, 9.17) is 11.6 Å². The van der Waals surface area contributed by atoms with Crippen LogP contribution in [0, 0.1) is 22.7 Å². The molecule has 2 rings (SSSR count). The van der Waals surface area contributed by atoms with Gasteiger partial charge in [0.15, 0.2) is 0 Å². The summed E-state index contributed by atoms with van der Waals surface area (Å²) in [6.07, 6.45) is -5.53. The Labute approximate surface area is 216 Å². The molecular weight excluding hydrogens is 526 g/mol. The Morgan fingerprint density at radius 2 is 1.70 bits per heavy atom. The number of carbonyl (C=O) groups is 5. The first-order valence-corrected chi connectivity index (χ1v) is 12.0. The average Bonchev–Trinajstić information content (AvgIpc) is 3.10. The third kappa shape index (κ3) is 6.63. The van der Waals surface area contributed by atoms with Crippen molar-refractivity contribution in [3.8, 4) is 0 Å². The van der Waals surface area contributed by atoms with Crippen LogP contribution in [0.1, 0.15) is 41.0 Å². The molecule has 1 aliphatic heterocycles. The SMILES string of the molecule is CNC(=O)CCN(NC(=O)[C@@H]1[C@@H]2[C@H](CN1C(=O)[C@@H](NC(=O)C(F)(F)F)C(C)(C)C)C2(C)C)C(=O)[C@H](F)Cl. The van der Waals surface area contributed by atoms with Crippen LogP contribution in [0.4, 0.5) is 17.6 Å². The number of carbonyl (C=O) groups excluding carboxylic acids is 5. The second-order valence-corrected chi connectivity index (χ2v) is 11.2. The number of rotatable bonds is 7. The Morgan fingerprint density at radius 3 is 2.16 bits per heavy atom. The minimum absolute atomic E-state index is 0.0243. The van der Waals surface area contributed by atoms with Crippen LogP contribution in [0.15, 0.2) is 0 Å². The van der Waals surface area contributed by atoms with E-state index >= 15 is 0 Å². The normalized spacial score (nSPS) is 23.9. The molecule has 1 heterocycles. The molecule has 1 saturated carbocycles. The predicted molar refractivity (Wildman–Crippen MR) is 123 cm³/mol. The van der Waals surface area contributed by atoms with Crippen LogP contribution in [0.5, 0.6) is 0 Å². The zero-order chi connectivity index (χ0) is 28.7. The van der Waals surface area contributed by atoms with Crippen molar-refractivity contribution in [1.82, 2.24) is 26.0 Å². The number of piperidine rings is 1. The maximum atomic E-state index is 13.6. The van der Waals surface area contributed by atoms with E-state index in [-0.39, 0.29) is 18.9 Å². The molecule has 2 aliphatic rings. The predicted octanol–water partition coefficient (Wildman–Crippen LogP) is 1.09. The quantitative estimate of drug-likeness (QED) is 0.245. The van der Waals surface area contributed by atoms with Gasteiger partial charge in [-0.3, -0.25) is 29.4 Å². The fraction of sp³-hybridized carbons (Fsp3) is 0.773. The van der Waals surface area contributed by atoms with Gasteiger partial charge in [-0.05, 0) is 22.7 Å². The molecule has 0 aromatic carbocycles. The highest BCUT2D eigenvalue weighted by molar-refractivity contribution is 6.29. The van der Waals surface area contributed by atoms with Crippen molar-refractivity contribution in [3.63, 3.8) is 0 Å². The highest BCUT2D eigenvalue weighted by Crippen LogP contribution is 2.65. The summed E-state index contributed by atoms with van der Waals surface area (Å²) < 4.78 is 52.4. The van der Waals surface area contributed by atoms with Gasteiger partial charge in [0.1, 0.15) is 12.1 Å². The van der Waals surface area contributed by atoms with Crippen molar-refractivity contribution in [2.45, 2.75) is 64.9 Å². The van der Waals surface area contributed by atoms with Gasteiger partial charge in [-0.25, -0.2) is 9.40 Å². The summed E-state index contributed by atoms with van der Waals surface area (Å²) in [5, 5.41) is 4.58. The van der Waals surface area contributed by atoms with E-state index in [0.29, 0.717) is 5.01 Å². The van der Waals surface area contributed by atoms with Crippen molar-refractivity contribution < 1.29 is 41.5 Å². The van der Waals surface area contributed by atoms with Gasteiger partial charge in [0.25, 0.3) is 17.4 Å². The molecule has 15 heteroatoms. The lowest BCUT2D eigenvalue weighted by atomic mass is 9.85. The number of hydrazine groups is 1. The maximum Gasteiger partial charge on any atom is 0.471 e. The van der Waals surface area contributed by atoms with Crippen LogP contribution in [-0.4, -0.2) is 83.5 Å². The van der Waals surface area contributed by atoms with Crippen molar-refractivity contribution in [3.05, 3.63) is 0 Å². The number of hydrogen-bond acceptors (Lipinski definition) is 5. The molecule has 5 atom stereocenters. The van der Waals surface area contributed by atoms with E-state index in [9.17, 15) is 41.5 Å². The smallest absolute Gasteiger partial charge is 0.359 e. The van der Waals surface area contributed by atoms with Crippen molar-refractivity contribution in [2.75, 3.05) is 20.1 Å². The number of hydrogen-bond donors (Lipinski definition) is 3. The molecule has 0 aromatic heterocycles. The summed E-state index contributed by atoms with van der Waals surface area (Å²) >= 11 is 5.25. The summed E-state index contributed by atoms with van der Waals surface area (Å²) in [4.78, 5) is 63.4. The number of nitrogens with zero attached hydrogens (tertiary/aromatic N) is 2. The van der Waals surface area contributed by atoms with Gasteiger partial charge in [-0.1, -0.05) is 46.2 Å². The van der Waals surface area contributed by atoms with E-state index < -0.39 is 76.7 Å². The fourth-order valence-corrected chi connectivity index (χ4v) is 4.83. The third-order valence-corrected chi connectivity index (χ3v) is 7.13. The molecule has 5 amide bonds. The number of alkyl halides is 5. The summed E-state index contributed by atoms with van der Waals surface area (Å²) in [6.45, 7) is 7.68. The maximum absolute atomic E-state index is 13.6. The molecule has 10 nitrogen and oxygen atoms in total. The van der Waals surface area contributed by atoms with E-state index in [2.05, 4.69) is 10.7 Å². The lowest BCUT2D eigenvalue weighted by Crippen LogP contribution is -2.62. The molecule has 2 fully saturated rings. The second-order valence-electron chi connectivity index (χ2n) is 10.8. The Hall–Kier alpha value is -2.64. The Kier molecular flexibility index (Phi) is 8.78. The molecule has 0 unspecified atom stereocenters. The first-order chi connectivity index (χ1) is 16.7. The standard InChI is InChI=1S/C22H32ClF4N5O5/c1-20(2,3)14(29-19(37)22(25,26)27)17(35)31-9-10-12(21(10,4)5)13(31)16(34)30-32(18(36)15(23)24)8-7-11(33)28-6/h10,12-15H,7-9H2,1-6H3,(H,28,33)(H,29,37)(H,30,34)/t10-,12-,13-,14+,15-/m0/s1. The molecule has 3 N–H and O–H groups in total. The average molecular weight is 558 g/mol. The van der Waals surface area contributed by atoms with Gasteiger partial charge < -0.3 is 15.5 Å². The molecule has 37 heavy (non-hydrogen) atoms. The minimum Gasteiger partial charge on any atom is -0.359 e. The van der Waals surface area contributed by atoms with Gasteiger partial charge in [0, 0.05) is 20.0 Å². The zero-order valence-corrected chi connectivity index (χ0v) is 22.1. The van der Waals surface area contributed by atoms with E-state index in [1.54, 1.807) is 5.32 Å². The fourth-order valence-electron chi connectivity index (χ4n) is 4.72. The highest BCUT2D eigenvalue weighted by Gasteiger charge is 2.70. The van der Waals surface area contributed by atoms with Gasteiger partial charge in [0.05, 0.1) is 6.54 Å². The molecule has 210 valence electrons. The summed E-state index contributed by atoms with van der Waals surface area (Å²) in [6, 6.07) is -2.86. The Bertz CT molecular complexity index is 953. The van der Waals surface area contributed by atoms with Gasteiger partial charge >= 0.3 is 12.1 Å².